The van der Waals surface area contributed by atoms with Crippen LogP contribution in [-0.2, 0) is 11.2 Å². The second-order valence-corrected chi connectivity index (χ2v) is 9.03. The highest BCUT2D eigenvalue weighted by atomic mass is 16.5. The maximum Gasteiger partial charge on any atom is 0.248 e. The van der Waals surface area contributed by atoms with Crippen molar-refractivity contribution in [1.82, 2.24) is 14.9 Å². The summed E-state index contributed by atoms with van der Waals surface area (Å²) < 4.78 is 5.66. The van der Waals surface area contributed by atoms with E-state index in [-0.39, 0.29) is 11.6 Å². The van der Waals surface area contributed by atoms with Gasteiger partial charge in [0.2, 0.25) is 11.9 Å². The normalized spacial score (nSPS) is 13.3. The number of hydrogen-bond acceptors (Lipinski definition) is 8. The fourth-order valence-corrected chi connectivity index (χ4v) is 4.07. The zero-order valence-corrected chi connectivity index (χ0v) is 21.2. The number of hydrogen-bond donors (Lipinski definition) is 3. The van der Waals surface area contributed by atoms with Crippen LogP contribution in [-0.4, -0.2) is 61.1 Å². The molecule has 1 aromatic heterocycles. The molecule has 2 aromatic carbocycles. The fraction of sp³-hybridized carbons (Fsp3) is 0.296. The number of benzene rings is 2. The maximum atomic E-state index is 12.0. The molecule has 4 rings (SSSR count). The molecule has 188 valence electrons. The van der Waals surface area contributed by atoms with E-state index in [4.69, 9.17) is 15.5 Å². The van der Waals surface area contributed by atoms with Gasteiger partial charge in [-0.2, -0.15) is 4.98 Å². The van der Waals surface area contributed by atoms with Crippen molar-refractivity contribution in [3.05, 3.63) is 66.4 Å². The van der Waals surface area contributed by atoms with Crippen LogP contribution in [0.1, 0.15) is 18.1 Å². The Labute approximate surface area is 212 Å². The summed E-state index contributed by atoms with van der Waals surface area (Å²) in [6, 6.07) is 14.1. The lowest BCUT2D eigenvalue weighted by Crippen LogP contribution is -2.31. The van der Waals surface area contributed by atoms with Crippen molar-refractivity contribution in [2.24, 2.45) is 5.73 Å². The number of rotatable bonds is 10. The molecule has 3 aromatic rings. The van der Waals surface area contributed by atoms with Crippen LogP contribution in [0.4, 0.5) is 28.8 Å². The number of carbonyl (C=O) groups is 1. The van der Waals surface area contributed by atoms with Gasteiger partial charge < -0.3 is 30.9 Å². The molecule has 0 spiro atoms. The fourth-order valence-electron chi connectivity index (χ4n) is 4.07. The average Bonchev–Trinajstić information content (AvgIpc) is 3.31. The number of ether oxygens (including phenoxy) is 1. The minimum atomic E-state index is -0.597. The standard InChI is InChI=1S/C27H33N7O2/c1-17(33(3)4)16-30-21-15-24(36-5)22(14-20(21)18(2)26(28)35)31-27-29-12-10-25(32-27)34-13-11-19-8-6-7-9-23(19)34/h6-10,12,14-15,17,30H,2,11,13,16H2,1,3-5H3,(H2,28,35)(H,29,31,32). The van der Waals surface area contributed by atoms with E-state index in [1.165, 1.54) is 5.56 Å². The lowest BCUT2D eigenvalue weighted by Gasteiger charge is -2.23. The summed E-state index contributed by atoms with van der Waals surface area (Å²) in [5, 5.41) is 6.65. The first-order valence-corrected chi connectivity index (χ1v) is 11.9. The van der Waals surface area contributed by atoms with Gasteiger partial charge in [0.15, 0.2) is 0 Å². The molecular formula is C27H33N7O2. The highest BCUT2D eigenvalue weighted by Crippen LogP contribution is 2.37. The zero-order chi connectivity index (χ0) is 25.8. The molecule has 0 radical (unpaired) electrons. The van der Waals surface area contributed by atoms with Gasteiger partial charge in [0, 0.05) is 53.9 Å². The first kappa shape index (κ1) is 25.0. The molecule has 4 N–H and O–H groups in total. The molecule has 1 atom stereocenters. The Kier molecular flexibility index (Phi) is 7.40. The number of nitrogens with one attached hydrogen (secondary N) is 2. The SMILES string of the molecule is C=C(C(N)=O)c1cc(Nc2nccc(N3CCc4ccccc43)n2)c(OC)cc1NCC(C)N(C)C. The molecule has 2 heterocycles. The lowest BCUT2D eigenvalue weighted by molar-refractivity contribution is -0.112. The van der Waals surface area contributed by atoms with Gasteiger partial charge in [0.05, 0.1) is 12.8 Å². The largest absolute Gasteiger partial charge is 0.494 e. The molecule has 0 aliphatic carbocycles. The number of fused-ring (bicyclic) bond motifs is 1. The highest BCUT2D eigenvalue weighted by molar-refractivity contribution is 6.19. The molecule has 1 aliphatic heterocycles. The molecule has 0 saturated carbocycles. The van der Waals surface area contributed by atoms with Crippen molar-refractivity contribution < 1.29 is 9.53 Å². The monoisotopic (exact) mass is 487 g/mol. The van der Waals surface area contributed by atoms with E-state index in [0.717, 1.165) is 24.5 Å². The van der Waals surface area contributed by atoms with Crippen LogP contribution in [0.5, 0.6) is 5.75 Å². The second kappa shape index (κ2) is 10.7. The first-order valence-electron chi connectivity index (χ1n) is 11.9. The summed E-state index contributed by atoms with van der Waals surface area (Å²) in [6.45, 7) is 7.52. The van der Waals surface area contributed by atoms with Crippen molar-refractivity contribution >= 4 is 40.3 Å². The van der Waals surface area contributed by atoms with Gasteiger partial charge in [0.1, 0.15) is 11.6 Å². The number of methoxy groups -OCH3 is 1. The summed E-state index contributed by atoms with van der Waals surface area (Å²) in [4.78, 5) is 25.5. The summed E-state index contributed by atoms with van der Waals surface area (Å²) >= 11 is 0. The Balaban J connectivity index is 1.65. The van der Waals surface area contributed by atoms with Gasteiger partial charge in [-0.1, -0.05) is 24.8 Å². The Morgan fingerprint density at radius 1 is 1.25 bits per heavy atom. The molecule has 0 bridgehead atoms. The van der Waals surface area contributed by atoms with Crippen molar-refractivity contribution in [2.75, 3.05) is 49.8 Å². The van der Waals surface area contributed by atoms with Crippen molar-refractivity contribution in [2.45, 2.75) is 19.4 Å². The molecule has 9 heteroatoms. The number of primary amides is 1. The lowest BCUT2D eigenvalue weighted by atomic mass is 10.0. The number of aromatic nitrogens is 2. The van der Waals surface area contributed by atoms with Crippen LogP contribution in [0.3, 0.4) is 0 Å². The van der Waals surface area contributed by atoms with Gasteiger partial charge in [-0.3, -0.25) is 4.79 Å². The molecule has 1 aliphatic rings. The Hall–Kier alpha value is -4.11. The van der Waals surface area contributed by atoms with Crippen LogP contribution in [0.2, 0.25) is 0 Å². The van der Waals surface area contributed by atoms with Crippen LogP contribution in [0, 0.1) is 0 Å². The molecule has 36 heavy (non-hydrogen) atoms. The van der Waals surface area contributed by atoms with Gasteiger partial charge in [-0.15, -0.1) is 0 Å². The number of likely N-dealkylation sites (N-methyl/N-ethyl adjacent to an activating group) is 1. The summed E-state index contributed by atoms with van der Waals surface area (Å²) in [7, 11) is 5.61. The number of para-hydroxylation sites is 1. The molecule has 0 saturated heterocycles. The molecule has 0 fully saturated rings. The van der Waals surface area contributed by atoms with Crippen molar-refractivity contribution in [1.29, 1.82) is 0 Å². The van der Waals surface area contributed by atoms with E-state index in [9.17, 15) is 4.79 Å². The average molecular weight is 488 g/mol. The van der Waals surface area contributed by atoms with Crippen LogP contribution < -0.4 is 26.0 Å². The maximum absolute atomic E-state index is 12.0. The minimum absolute atomic E-state index is 0.198. The van der Waals surface area contributed by atoms with E-state index in [1.54, 1.807) is 19.4 Å². The van der Waals surface area contributed by atoms with Crippen LogP contribution in [0.15, 0.2) is 55.2 Å². The van der Waals surface area contributed by atoms with E-state index >= 15 is 0 Å². The van der Waals surface area contributed by atoms with Gasteiger partial charge in [-0.05, 0) is 51.2 Å². The van der Waals surface area contributed by atoms with E-state index < -0.39 is 5.91 Å². The summed E-state index contributed by atoms with van der Waals surface area (Å²) in [5.41, 5.74) is 10.1. The van der Waals surface area contributed by atoms with Crippen molar-refractivity contribution in [3.8, 4) is 5.75 Å². The Bertz CT molecular complexity index is 1270. The molecule has 1 amide bonds. The van der Waals surface area contributed by atoms with E-state index in [0.29, 0.717) is 35.2 Å². The van der Waals surface area contributed by atoms with Crippen LogP contribution >= 0.6 is 0 Å². The molecular weight excluding hydrogens is 454 g/mol. The molecule has 1 unspecified atom stereocenters. The van der Waals surface area contributed by atoms with Gasteiger partial charge in [-0.25, -0.2) is 4.98 Å². The first-order chi connectivity index (χ1) is 17.3. The quantitative estimate of drug-likeness (QED) is 0.371. The topological polar surface area (TPSA) is 109 Å². The minimum Gasteiger partial charge on any atom is -0.494 e. The van der Waals surface area contributed by atoms with E-state index in [1.807, 2.05) is 32.3 Å². The van der Waals surface area contributed by atoms with Crippen LogP contribution in [0.25, 0.3) is 5.57 Å². The zero-order valence-electron chi connectivity index (χ0n) is 21.2. The number of anilines is 5. The summed E-state index contributed by atoms with van der Waals surface area (Å²) in [5.74, 6) is 1.18. The second-order valence-electron chi connectivity index (χ2n) is 9.03. The number of amides is 1. The third kappa shape index (κ3) is 5.26. The van der Waals surface area contributed by atoms with E-state index in [2.05, 4.69) is 57.1 Å². The number of nitrogens with zero attached hydrogens (tertiary/aromatic N) is 4. The highest BCUT2D eigenvalue weighted by Gasteiger charge is 2.22. The number of nitrogens with two attached hydrogens (primary N) is 1. The van der Waals surface area contributed by atoms with Crippen molar-refractivity contribution in [3.63, 3.8) is 0 Å². The Morgan fingerprint density at radius 3 is 2.75 bits per heavy atom. The van der Waals surface area contributed by atoms with Gasteiger partial charge >= 0.3 is 0 Å². The third-order valence-corrected chi connectivity index (χ3v) is 6.48. The predicted octanol–water partition coefficient (Wildman–Crippen LogP) is 3.78. The number of carbonyl (C=O) groups excluding carboxylic acids is 1. The molecule has 9 nitrogen and oxygen atoms in total. The summed E-state index contributed by atoms with van der Waals surface area (Å²) in [6.07, 6.45) is 2.69. The Morgan fingerprint density at radius 2 is 2.03 bits per heavy atom. The predicted molar refractivity (Wildman–Crippen MR) is 145 cm³/mol. The third-order valence-electron chi connectivity index (χ3n) is 6.48. The van der Waals surface area contributed by atoms with Gasteiger partial charge in [0.25, 0.3) is 0 Å². The smallest absolute Gasteiger partial charge is 0.248 e.